The number of hydrogen-bond acceptors (Lipinski definition) is 3. The highest BCUT2D eigenvalue weighted by Gasteiger charge is 2.37. The van der Waals surface area contributed by atoms with Gasteiger partial charge in [-0.15, -0.1) is 0 Å². The van der Waals surface area contributed by atoms with Gasteiger partial charge in [0.25, 0.3) is 5.91 Å². The lowest BCUT2D eigenvalue weighted by Crippen LogP contribution is -2.46. The second-order valence-electron chi connectivity index (χ2n) is 5.39. The molecule has 1 saturated carbocycles. The van der Waals surface area contributed by atoms with E-state index in [9.17, 15) is 4.79 Å². The minimum absolute atomic E-state index is 0.141. The zero-order valence-corrected chi connectivity index (χ0v) is 10.8. The van der Waals surface area contributed by atoms with Gasteiger partial charge in [0.1, 0.15) is 6.10 Å². The molecule has 1 aliphatic heterocycles. The van der Waals surface area contributed by atoms with Crippen molar-refractivity contribution in [2.24, 2.45) is 5.73 Å². The molecule has 0 aromatic carbocycles. The zero-order chi connectivity index (χ0) is 12.3. The quantitative estimate of drug-likeness (QED) is 0.805. The van der Waals surface area contributed by atoms with E-state index in [4.69, 9.17) is 10.5 Å². The maximum absolute atomic E-state index is 12.2. The van der Waals surface area contributed by atoms with Gasteiger partial charge in [0.05, 0.1) is 5.60 Å². The van der Waals surface area contributed by atoms with Crippen LogP contribution in [0, 0.1) is 0 Å². The first-order valence-corrected chi connectivity index (χ1v) is 6.83. The molecule has 1 amide bonds. The van der Waals surface area contributed by atoms with Crippen molar-refractivity contribution >= 4 is 5.91 Å². The number of carbonyl (C=O) groups excluding carboxylic acids is 1. The first-order chi connectivity index (χ1) is 8.17. The van der Waals surface area contributed by atoms with Crippen molar-refractivity contribution in [1.29, 1.82) is 0 Å². The molecule has 0 aromatic heterocycles. The molecule has 0 radical (unpaired) electrons. The van der Waals surface area contributed by atoms with Crippen LogP contribution in [0.15, 0.2) is 0 Å². The number of likely N-dealkylation sites (tertiary alicyclic amines) is 1. The molecule has 2 aliphatic rings. The molecular weight excluding hydrogens is 216 g/mol. The molecule has 17 heavy (non-hydrogen) atoms. The van der Waals surface area contributed by atoms with Gasteiger partial charge in [-0.25, -0.2) is 0 Å². The highest BCUT2D eigenvalue weighted by Crippen LogP contribution is 2.33. The largest absolute Gasteiger partial charge is 0.361 e. The Morgan fingerprint density at radius 3 is 2.41 bits per heavy atom. The highest BCUT2D eigenvalue weighted by atomic mass is 16.5. The number of nitrogens with two attached hydrogens (primary N) is 1. The van der Waals surface area contributed by atoms with Crippen LogP contribution in [-0.4, -0.2) is 42.1 Å². The maximum atomic E-state index is 12.2. The molecule has 98 valence electrons. The van der Waals surface area contributed by atoms with E-state index in [1.54, 1.807) is 0 Å². The van der Waals surface area contributed by atoms with Crippen molar-refractivity contribution in [2.45, 2.75) is 57.2 Å². The lowest BCUT2D eigenvalue weighted by Gasteiger charge is -2.32. The molecular formula is C13H24N2O2. The Hall–Kier alpha value is -0.610. The fraction of sp³-hybridized carbons (Fsp3) is 0.923. The van der Waals surface area contributed by atoms with Crippen LogP contribution < -0.4 is 5.73 Å². The van der Waals surface area contributed by atoms with Gasteiger partial charge in [-0.2, -0.15) is 0 Å². The van der Waals surface area contributed by atoms with Crippen LogP contribution in [0.3, 0.4) is 0 Å². The van der Waals surface area contributed by atoms with Gasteiger partial charge in [-0.3, -0.25) is 4.79 Å². The monoisotopic (exact) mass is 240 g/mol. The Morgan fingerprint density at radius 1 is 1.29 bits per heavy atom. The van der Waals surface area contributed by atoms with E-state index in [2.05, 4.69) is 0 Å². The fourth-order valence-electron chi connectivity index (χ4n) is 3.01. The summed E-state index contributed by atoms with van der Waals surface area (Å²) in [7, 11) is 0. The van der Waals surface area contributed by atoms with Crippen molar-refractivity contribution in [3.05, 3.63) is 0 Å². The Morgan fingerprint density at radius 2 is 1.88 bits per heavy atom. The average molecular weight is 240 g/mol. The lowest BCUT2D eigenvalue weighted by molar-refractivity contribution is -0.153. The zero-order valence-electron chi connectivity index (χ0n) is 10.8. The standard InChI is InChI=1S/C13H24N2O2/c1-11(12(16)15-8-4-5-9-15)17-13(10-14)6-2-3-7-13/h11H,2-10,14H2,1H3. The first-order valence-electron chi connectivity index (χ1n) is 6.83. The molecule has 2 N–H and O–H groups in total. The smallest absolute Gasteiger partial charge is 0.251 e. The third kappa shape index (κ3) is 2.80. The van der Waals surface area contributed by atoms with Gasteiger partial charge < -0.3 is 15.4 Å². The lowest BCUT2D eigenvalue weighted by atomic mass is 10.0. The maximum Gasteiger partial charge on any atom is 0.251 e. The number of ether oxygens (including phenoxy) is 1. The van der Waals surface area contributed by atoms with E-state index in [0.29, 0.717) is 6.54 Å². The van der Waals surface area contributed by atoms with Gasteiger partial charge in [-0.1, -0.05) is 12.8 Å². The van der Waals surface area contributed by atoms with Gasteiger partial charge >= 0.3 is 0 Å². The minimum Gasteiger partial charge on any atom is -0.361 e. The molecule has 1 atom stereocenters. The molecule has 1 unspecified atom stereocenters. The molecule has 0 bridgehead atoms. The van der Waals surface area contributed by atoms with Crippen LogP contribution in [0.25, 0.3) is 0 Å². The Labute approximate surface area is 103 Å². The van der Waals surface area contributed by atoms with Crippen LogP contribution in [-0.2, 0) is 9.53 Å². The number of amides is 1. The van der Waals surface area contributed by atoms with E-state index < -0.39 is 0 Å². The summed E-state index contributed by atoms with van der Waals surface area (Å²) in [5, 5.41) is 0. The molecule has 2 rings (SSSR count). The molecule has 2 fully saturated rings. The third-order valence-electron chi connectivity index (χ3n) is 4.08. The molecule has 4 heteroatoms. The number of hydrogen-bond donors (Lipinski definition) is 1. The number of carbonyl (C=O) groups is 1. The Kier molecular flexibility index (Phi) is 4.05. The van der Waals surface area contributed by atoms with Crippen LogP contribution in [0.1, 0.15) is 45.4 Å². The van der Waals surface area contributed by atoms with Gasteiger partial charge in [0.15, 0.2) is 0 Å². The van der Waals surface area contributed by atoms with Crippen molar-refractivity contribution in [3.8, 4) is 0 Å². The Bertz CT molecular complexity index is 269. The van der Waals surface area contributed by atoms with Crippen LogP contribution in [0.5, 0.6) is 0 Å². The Balaban J connectivity index is 1.90. The van der Waals surface area contributed by atoms with Gasteiger partial charge in [0.2, 0.25) is 0 Å². The molecule has 0 aromatic rings. The molecule has 4 nitrogen and oxygen atoms in total. The predicted octanol–water partition coefficient (Wildman–Crippen LogP) is 1.29. The average Bonchev–Trinajstić information content (AvgIpc) is 2.99. The van der Waals surface area contributed by atoms with E-state index >= 15 is 0 Å². The number of rotatable bonds is 4. The summed E-state index contributed by atoms with van der Waals surface area (Å²) >= 11 is 0. The first kappa shape index (κ1) is 12.8. The summed E-state index contributed by atoms with van der Waals surface area (Å²) in [6.45, 7) is 4.19. The predicted molar refractivity (Wildman–Crippen MR) is 66.6 cm³/mol. The second-order valence-corrected chi connectivity index (χ2v) is 5.39. The van der Waals surface area contributed by atoms with Crippen molar-refractivity contribution in [1.82, 2.24) is 4.90 Å². The second kappa shape index (κ2) is 5.36. The molecule has 0 spiro atoms. The summed E-state index contributed by atoms with van der Waals surface area (Å²) < 4.78 is 6.01. The minimum atomic E-state index is -0.338. The van der Waals surface area contributed by atoms with Crippen LogP contribution in [0.2, 0.25) is 0 Å². The topological polar surface area (TPSA) is 55.6 Å². The van der Waals surface area contributed by atoms with Crippen molar-refractivity contribution in [2.75, 3.05) is 19.6 Å². The van der Waals surface area contributed by atoms with E-state index in [1.165, 1.54) is 12.8 Å². The summed E-state index contributed by atoms with van der Waals surface area (Å²) in [5.41, 5.74) is 5.59. The SMILES string of the molecule is CC(OC1(CN)CCCC1)C(=O)N1CCCC1. The summed E-state index contributed by atoms with van der Waals surface area (Å²) in [5.74, 6) is 0.141. The highest BCUT2D eigenvalue weighted by molar-refractivity contribution is 5.80. The molecule has 1 aliphatic carbocycles. The van der Waals surface area contributed by atoms with E-state index in [0.717, 1.165) is 38.8 Å². The molecule has 1 heterocycles. The summed E-state index contributed by atoms with van der Waals surface area (Å²) in [6, 6.07) is 0. The van der Waals surface area contributed by atoms with E-state index in [-0.39, 0.29) is 17.6 Å². The van der Waals surface area contributed by atoms with Crippen LogP contribution in [0.4, 0.5) is 0 Å². The fourth-order valence-corrected chi connectivity index (χ4v) is 3.01. The third-order valence-corrected chi connectivity index (χ3v) is 4.08. The van der Waals surface area contributed by atoms with Crippen molar-refractivity contribution in [3.63, 3.8) is 0 Å². The normalized spacial score (nSPS) is 25.2. The van der Waals surface area contributed by atoms with Crippen LogP contribution >= 0.6 is 0 Å². The van der Waals surface area contributed by atoms with Gasteiger partial charge in [-0.05, 0) is 32.6 Å². The van der Waals surface area contributed by atoms with Gasteiger partial charge in [0, 0.05) is 19.6 Å². The summed E-state index contributed by atoms with van der Waals surface area (Å²) in [6.07, 6.45) is 6.25. The summed E-state index contributed by atoms with van der Waals surface area (Å²) in [4.78, 5) is 14.1. The van der Waals surface area contributed by atoms with E-state index in [1.807, 2.05) is 11.8 Å². The number of nitrogens with zero attached hydrogens (tertiary/aromatic N) is 1. The van der Waals surface area contributed by atoms with Crippen molar-refractivity contribution < 1.29 is 9.53 Å². The molecule has 1 saturated heterocycles.